The summed E-state index contributed by atoms with van der Waals surface area (Å²) in [6.45, 7) is 6.54. The molecule has 230 valence electrons. The number of nitrogens with one attached hydrogen (secondary N) is 1. The van der Waals surface area contributed by atoms with Gasteiger partial charge in [-0.2, -0.15) is 0 Å². The molecular formula is C35H43FN2O5. The Labute approximate surface area is 253 Å². The van der Waals surface area contributed by atoms with Gasteiger partial charge in [-0.15, -0.1) is 0 Å². The monoisotopic (exact) mass is 590 g/mol. The molecular weight excluding hydrogens is 547 g/mol. The van der Waals surface area contributed by atoms with Crippen LogP contribution in [-0.2, 0) is 14.3 Å². The molecule has 0 aliphatic carbocycles. The van der Waals surface area contributed by atoms with Crippen molar-refractivity contribution >= 4 is 17.6 Å². The van der Waals surface area contributed by atoms with Crippen LogP contribution in [0.2, 0.25) is 0 Å². The van der Waals surface area contributed by atoms with Crippen molar-refractivity contribution in [2.24, 2.45) is 11.8 Å². The zero-order valence-corrected chi connectivity index (χ0v) is 25.1. The number of carbonyl (C=O) groups is 2. The number of ether oxygens (including phenoxy) is 1. The molecule has 0 aromatic heterocycles. The Balaban J connectivity index is 1.69. The number of anilines is 1. The van der Waals surface area contributed by atoms with Gasteiger partial charge in [0.15, 0.2) is 0 Å². The largest absolute Gasteiger partial charge is 0.466 e. The fourth-order valence-electron chi connectivity index (χ4n) is 6.51. The van der Waals surface area contributed by atoms with Crippen LogP contribution in [0.1, 0.15) is 63.1 Å². The minimum Gasteiger partial charge on any atom is -0.466 e. The first-order chi connectivity index (χ1) is 20.7. The van der Waals surface area contributed by atoms with E-state index in [-0.39, 0.29) is 55.1 Å². The van der Waals surface area contributed by atoms with E-state index in [1.54, 1.807) is 19.1 Å². The van der Waals surface area contributed by atoms with Crippen LogP contribution in [0.3, 0.4) is 0 Å². The molecule has 7 nitrogen and oxygen atoms in total. The summed E-state index contributed by atoms with van der Waals surface area (Å²) in [5.41, 5.74) is 2.60. The maximum atomic E-state index is 14.2. The molecule has 3 aromatic rings. The molecule has 1 heterocycles. The summed E-state index contributed by atoms with van der Waals surface area (Å²) < 4.78 is 19.0. The second-order valence-corrected chi connectivity index (χ2v) is 11.6. The number of nitrogens with zero attached hydrogens (tertiary/aromatic N) is 1. The number of esters is 1. The Morgan fingerprint density at radius 1 is 0.907 bits per heavy atom. The standard InChI is InChI=1S/C35H43FN2O5/c1-4-43-30(41)22-29(40)21-28(39)19-20-38-33(23(2)3)32(35(42)37-27-13-9-6-10-14-27)31(24-11-7-5-8-12-24)34(38)25-15-17-26(36)18-16-25/h5-18,23,28-29,31-34,39-40H,4,19-22H2,1-3H3,(H,37,42)/t28?,29-,31?,32?,33?,34?/m1/s1. The van der Waals surface area contributed by atoms with Crippen LogP contribution in [0.4, 0.5) is 10.1 Å². The van der Waals surface area contributed by atoms with Gasteiger partial charge in [-0.1, -0.05) is 74.5 Å². The van der Waals surface area contributed by atoms with Crippen molar-refractivity contribution in [2.45, 2.75) is 70.2 Å². The number of aliphatic hydroxyl groups is 2. The second-order valence-electron chi connectivity index (χ2n) is 11.6. The van der Waals surface area contributed by atoms with Gasteiger partial charge in [-0.3, -0.25) is 14.5 Å². The molecule has 1 saturated heterocycles. The van der Waals surface area contributed by atoms with Crippen LogP contribution in [0.15, 0.2) is 84.9 Å². The SMILES string of the molecule is CCOC(=O)C[C@H](O)CC(O)CCN1C(c2ccc(F)cc2)C(c2ccccc2)C(C(=O)Nc2ccccc2)C1C(C)C. The Morgan fingerprint density at radius 3 is 2.14 bits per heavy atom. The van der Waals surface area contributed by atoms with Gasteiger partial charge in [0.1, 0.15) is 5.82 Å². The lowest BCUT2D eigenvalue weighted by Gasteiger charge is -2.35. The van der Waals surface area contributed by atoms with E-state index in [2.05, 4.69) is 24.1 Å². The molecule has 1 aliphatic rings. The first-order valence-corrected chi connectivity index (χ1v) is 15.1. The number of hydrogen-bond acceptors (Lipinski definition) is 6. The number of rotatable bonds is 13. The number of para-hydroxylation sites is 1. The van der Waals surface area contributed by atoms with Crippen LogP contribution < -0.4 is 5.32 Å². The Morgan fingerprint density at radius 2 is 1.53 bits per heavy atom. The summed E-state index contributed by atoms with van der Waals surface area (Å²) in [4.78, 5) is 28.3. The molecule has 0 radical (unpaired) electrons. The minimum atomic E-state index is -1.03. The average molecular weight is 591 g/mol. The molecule has 4 rings (SSSR count). The zero-order chi connectivity index (χ0) is 30.9. The van der Waals surface area contributed by atoms with Crippen molar-refractivity contribution in [3.8, 4) is 0 Å². The summed E-state index contributed by atoms with van der Waals surface area (Å²) in [6, 6.07) is 25.3. The van der Waals surface area contributed by atoms with Gasteiger partial charge in [0, 0.05) is 30.2 Å². The smallest absolute Gasteiger partial charge is 0.308 e. The van der Waals surface area contributed by atoms with Crippen molar-refractivity contribution in [3.05, 3.63) is 102 Å². The topological polar surface area (TPSA) is 99.1 Å². The fraction of sp³-hybridized carbons (Fsp3) is 0.429. The van der Waals surface area contributed by atoms with Crippen LogP contribution in [0, 0.1) is 17.7 Å². The third-order valence-electron chi connectivity index (χ3n) is 8.23. The summed E-state index contributed by atoms with van der Waals surface area (Å²) in [5, 5.41) is 24.5. The van der Waals surface area contributed by atoms with Gasteiger partial charge in [0.05, 0.1) is 31.2 Å². The van der Waals surface area contributed by atoms with E-state index >= 15 is 0 Å². The van der Waals surface area contributed by atoms with E-state index < -0.39 is 24.1 Å². The van der Waals surface area contributed by atoms with Gasteiger partial charge in [0.2, 0.25) is 5.91 Å². The molecule has 3 aromatic carbocycles. The lowest BCUT2D eigenvalue weighted by Crippen LogP contribution is -2.43. The highest BCUT2D eigenvalue weighted by Gasteiger charge is 2.53. The summed E-state index contributed by atoms with van der Waals surface area (Å²) in [5.74, 6) is -1.59. The predicted molar refractivity (Wildman–Crippen MR) is 165 cm³/mol. The fourth-order valence-corrected chi connectivity index (χ4v) is 6.51. The van der Waals surface area contributed by atoms with Crippen molar-refractivity contribution in [3.63, 3.8) is 0 Å². The Kier molecular flexibility index (Phi) is 11.4. The van der Waals surface area contributed by atoms with Crippen molar-refractivity contribution in [2.75, 3.05) is 18.5 Å². The number of benzene rings is 3. The van der Waals surface area contributed by atoms with Crippen LogP contribution >= 0.6 is 0 Å². The number of likely N-dealkylation sites (tertiary alicyclic amines) is 1. The summed E-state index contributed by atoms with van der Waals surface area (Å²) in [7, 11) is 0. The van der Waals surface area contributed by atoms with E-state index in [4.69, 9.17) is 4.74 Å². The lowest BCUT2D eigenvalue weighted by atomic mass is 9.77. The first kappa shape index (κ1) is 32.3. The first-order valence-electron chi connectivity index (χ1n) is 15.1. The maximum Gasteiger partial charge on any atom is 0.308 e. The molecule has 1 aliphatic heterocycles. The van der Waals surface area contributed by atoms with Gasteiger partial charge in [-0.25, -0.2) is 4.39 Å². The van der Waals surface area contributed by atoms with E-state index in [1.165, 1.54) is 12.1 Å². The molecule has 1 fully saturated rings. The molecule has 5 unspecified atom stereocenters. The third kappa shape index (κ3) is 8.28. The molecule has 0 spiro atoms. The number of carbonyl (C=O) groups excluding carboxylic acids is 2. The van der Waals surface area contributed by atoms with Crippen molar-refractivity contribution in [1.82, 2.24) is 4.90 Å². The third-order valence-corrected chi connectivity index (χ3v) is 8.23. The summed E-state index contributed by atoms with van der Waals surface area (Å²) in [6.07, 6.45) is -1.74. The summed E-state index contributed by atoms with van der Waals surface area (Å²) >= 11 is 0. The highest BCUT2D eigenvalue weighted by molar-refractivity contribution is 5.94. The van der Waals surface area contributed by atoms with Gasteiger partial charge in [0.25, 0.3) is 0 Å². The van der Waals surface area contributed by atoms with Crippen LogP contribution in [0.5, 0.6) is 0 Å². The van der Waals surface area contributed by atoms with E-state index in [0.29, 0.717) is 18.7 Å². The molecule has 3 N–H and O–H groups in total. The van der Waals surface area contributed by atoms with Crippen LogP contribution in [0.25, 0.3) is 0 Å². The van der Waals surface area contributed by atoms with E-state index in [1.807, 2.05) is 60.7 Å². The maximum absolute atomic E-state index is 14.2. The van der Waals surface area contributed by atoms with Crippen LogP contribution in [-0.4, -0.2) is 58.4 Å². The molecule has 8 heteroatoms. The zero-order valence-electron chi connectivity index (χ0n) is 25.1. The van der Waals surface area contributed by atoms with Gasteiger partial charge < -0.3 is 20.3 Å². The van der Waals surface area contributed by atoms with Gasteiger partial charge in [-0.05, 0) is 61.1 Å². The van der Waals surface area contributed by atoms with Gasteiger partial charge >= 0.3 is 5.97 Å². The Hall–Kier alpha value is -3.59. The predicted octanol–water partition coefficient (Wildman–Crippen LogP) is 5.70. The molecule has 0 saturated carbocycles. The molecule has 43 heavy (non-hydrogen) atoms. The molecule has 0 bridgehead atoms. The second kappa shape index (κ2) is 15.2. The van der Waals surface area contributed by atoms with E-state index in [9.17, 15) is 24.2 Å². The molecule has 6 atom stereocenters. The normalized spacial score (nSPS) is 21.8. The average Bonchev–Trinajstić information content (AvgIpc) is 3.33. The quantitative estimate of drug-likeness (QED) is 0.221. The number of halogens is 1. The lowest BCUT2D eigenvalue weighted by molar-refractivity contribution is -0.145. The van der Waals surface area contributed by atoms with Crippen molar-refractivity contribution in [1.29, 1.82) is 0 Å². The van der Waals surface area contributed by atoms with Crippen molar-refractivity contribution < 1.29 is 28.9 Å². The highest BCUT2D eigenvalue weighted by atomic mass is 19.1. The molecule has 1 amide bonds. The van der Waals surface area contributed by atoms with E-state index in [0.717, 1.165) is 11.1 Å². The highest BCUT2D eigenvalue weighted by Crippen LogP contribution is 2.52. The number of aliphatic hydroxyl groups excluding tert-OH is 2. The number of amides is 1. The Bertz CT molecular complexity index is 1300. The number of hydrogen-bond donors (Lipinski definition) is 3. The minimum absolute atomic E-state index is 0.0280.